The number of carbonyl (C=O) groups is 3. The number of hydrogen-bond donors (Lipinski definition) is 0. The summed E-state index contributed by atoms with van der Waals surface area (Å²) in [5.74, 6) is -0.866. The van der Waals surface area contributed by atoms with Crippen LogP contribution < -0.4 is 0 Å². The van der Waals surface area contributed by atoms with Gasteiger partial charge in [-0.05, 0) is 70.6 Å². The molecule has 428 valence electrons. The second-order valence-corrected chi connectivity index (χ2v) is 22.0. The molecule has 0 heterocycles. The summed E-state index contributed by atoms with van der Waals surface area (Å²) in [5.41, 5.74) is 0. The van der Waals surface area contributed by atoms with Gasteiger partial charge in [-0.3, -0.25) is 14.4 Å². The van der Waals surface area contributed by atoms with E-state index in [9.17, 15) is 14.4 Å². The van der Waals surface area contributed by atoms with Crippen molar-refractivity contribution in [3.8, 4) is 0 Å². The number of unbranched alkanes of at least 4 members (excludes halogenated alkanes) is 43. The van der Waals surface area contributed by atoms with E-state index < -0.39 is 6.10 Å². The maximum absolute atomic E-state index is 12.9. The van der Waals surface area contributed by atoms with Crippen molar-refractivity contribution in [2.45, 2.75) is 361 Å². The van der Waals surface area contributed by atoms with Gasteiger partial charge in [0.15, 0.2) is 6.10 Å². The first-order chi connectivity index (χ1) is 36.0. The predicted octanol–water partition coefficient (Wildman–Crippen LogP) is 22.0. The molecule has 0 saturated heterocycles. The Kier molecular flexibility index (Phi) is 60.2. The number of allylic oxidation sites excluding steroid dienone is 6. The minimum atomic E-state index is -0.777. The van der Waals surface area contributed by atoms with Crippen molar-refractivity contribution < 1.29 is 28.6 Å². The van der Waals surface area contributed by atoms with Crippen LogP contribution in [0.4, 0.5) is 0 Å². The molecule has 0 amide bonds. The Labute approximate surface area is 455 Å². The average molecular weight is 1030 g/mol. The van der Waals surface area contributed by atoms with Crippen LogP contribution in [0.25, 0.3) is 0 Å². The Morgan fingerprint density at radius 1 is 0.274 bits per heavy atom. The summed E-state index contributed by atoms with van der Waals surface area (Å²) in [6.45, 7) is 6.62. The highest BCUT2D eigenvalue weighted by Gasteiger charge is 2.19. The van der Waals surface area contributed by atoms with Crippen LogP contribution in [0.2, 0.25) is 0 Å². The Hall–Kier alpha value is -2.37. The highest BCUT2D eigenvalue weighted by Crippen LogP contribution is 2.18. The third-order valence-corrected chi connectivity index (χ3v) is 14.6. The van der Waals surface area contributed by atoms with Crippen LogP contribution in [0.15, 0.2) is 36.5 Å². The van der Waals surface area contributed by atoms with Crippen LogP contribution in [-0.2, 0) is 28.6 Å². The normalized spacial score (nSPS) is 12.2. The zero-order valence-electron chi connectivity index (χ0n) is 49.2. The first kappa shape index (κ1) is 70.6. The molecule has 0 aromatic rings. The average Bonchev–Trinajstić information content (AvgIpc) is 3.39. The van der Waals surface area contributed by atoms with Crippen LogP contribution in [0.1, 0.15) is 355 Å². The zero-order valence-corrected chi connectivity index (χ0v) is 49.2. The second-order valence-electron chi connectivity index (χ2n) is 22.0. The SMILES string of the molecule is CCC/C=C\C/C=C\CCCCCCCC(=O)OCC(COC(=O)CCCCCCCCCCC/C=C\CCCCCCCCCC)OC(=O)CCCCCCCCCCCCCCCCCCCCCCC. The first-order valence-electron chi connectivity index (χ1n) is 32.5. The quantitative estimate of drug-likeness (QED) is 0.0261. The molecule has 0 aliphatic rings. The summed E-state index contributed by atoms with van der Waals surface area (Å²) in [4.78, 5) is 38.3. The van der Waals surface area contributed by atoms with E-state index in [-0.39, 0.29) is 31.1 Å². The van der Waals surface area contributed by atoms with Crippen LogP contribution in [0.5, 0.6) is 0 Å². The summed E-state index contributed by atoms with van der Waals surface area (Å²) in [6, 6.07) is 0. The molecule has 0 spiro atoms. The summed E-state index contributed by atoms with van der Waals surface area (Å²) < 4.78 is 16.9. The Morgan fingerprint density at radius 2 is 0.521 bits per heavy atom. The van der Waals surface area contributed by atoms with Crippen LogP contribution >= 0.6 is 0 Å². The lowest BCUT2D eigenvalue weighted by atomic mass is 10.0. The predicted molar refractivity (Wildman–Crippen MR) is 316 cm³/mol. The molecule has 0 saturated carbocycles. The summed E-state index contributed by atoms with van der Waals surface area (Å²) >= 11 is 0. The monoisotopic (exact) mass is 1020 g/mol. The molecule has 0 aliphatic carbocycles. The van der Waals surface area contributed by atoms with Crippen molar-refractivity contribution in [1.29, 1.82) is 0 Å². The molecule has 6 heteroatoms. The smallest absolute Gasteiger partial charge is 0.306 e. The molecule has 1 unspecified atom stereocenters. The fourth-order valence-electron chi connectivity index (χ4n) is 9.71. The van der Waals surface area contributed by atoms with Crippen molar-refractivity contribution in [3.63, 3.8) is 0 Å². The third-order valence-electron chi connectivity index (χ3n) is 14.6. The molecule has 0 aromatic heterocycles. The first-order valence-corrected chi connectivity index (χ1v) is 32.5. The van der Waals surface area contributed by atoms with E-state index in [2.05, 4.69) is 57.2 Å². The summed E-state index contributed by atoms with van der Waals surface area (Å²) in [5, 5.41) is 0. The van der Waals surface area contributed by atoms with Gasteiger partial charge in [-0.15, -0.1) is 0 Å². The Balaban J connectivity index is 4.28. The van der Waals surface area contributed by atoms with E-state index in [1.54, 1.807) is 0 Å². The van der Waals surface area contributed by atoms with Gasteiger partial charge in [0, 0.05) is 19.3 Å². The fraction of sp³-hybridized carbons (Fsp3) is 0.866. The molecule has 0 N–H and O–H groups in total. The van der Waals surface area contributed by atoms with Gasteiger partial charge in [-0.2, -0.15) is 0 Å². The number of carbonyl (C=O) groups excluding carboxylic acids is 3. The maximum Gasteiger partial charge on any atom is 0.306 e. The molecule has 0 aromatic carbocycles. The van der Waals surface area contributed by atoms with Gasteiger partial charge < -0.3 is 14.2 Å². The second kappa shape index (κ2) is 62.2. The largest absolute Gasteiger partial charge is 0.462 e. The van der Waals surface area contributed by atoms with Gasteiger partial charge in [-0.25, -0.2) is 0 Å². The minimum absolute atomic E-state index is 0.0737. The van der Waals surface area contributed by atoms with Crippen LogP contribution in [0, 0.1) is 0 Å². The van der Waals surface area contributed by atoms with Crippen molar-refractivity contribution in [3.05, 3.63) is 36.5 Å². The molecule has 0 fully saturated rings. The Morgan fingerprint density at radius 3 is 0.822 bits per heavy atom. The lowest BCUT2D eigenvalue weighted by Crippen LogP contribution is -2.30. The van der Waals surface area contributed by atoms with Gasteiger partial charge in [0.05, 0.1) is 0 Å². The number of rotatable bonds is 60. The van der Waals surface area contributed by atoms with Crippen molar-refractivity contribution >= 4 is 17.9 Å². The summed E-state index contributed by atoms with van der Waals surface area (Å²) in [6.07, 6.45) is 75.8. The zero-order chi connectivity index (χ0) is 52.9. The van der Waals surface area contributed by atoms with E-state index in [1.807, 2.05) is 0 Å². The molecule has 0 aliphatic heterocycles. The van der Waals surface area contributed by atoms with Crippen molar-refractivity contribution in [2.75, 3.05) is 13.2 Å². The standard InChI is InChI=1S/C67H124O6/c1-4-7-10-13-16-19-22-25-27-29-31-33-35-37-39-42-45-48-51-54-57-60-66(69)72-63-64(62-71-65(68)59-56-53-50-47-44-41-24-21-18-15-12-9-6-3)73-67(70)61-58-55-52-49-46-43-40-38-36-34-32-30-28-26-23-20-17-14-11-8-5-2/h12,15,21,24,29,31,64H,4-11,13-14,16-20,22-23,25-28,30,32-63H2,1-3H3/b15-12-,24-21-,31-29-. The van der Waals surface area contributed by atoms with Gasteiger partial charge in [0.1, 0.15) is 13.2 Å². The van der Waals surface area contributed by atoms with Gasteiger partial charge in [-0.1, -0.05) is 301 Å². The van der Waals surface area contributed by atoms with Crippen molar-refractivity contribution in [1.82, 2.24) is 0 Å². The maximum atomic E-state index is 12.9. The Bertz CT molecular complexity index is 1220. The van der Waals surface area contributed by atoms with Gasteiger partial charge >= 0.3 is 17.9 Å². The molecule has 0 rings (SSSR count). The van der Waals surface area contributed by atoms with E-state index in [0.29, 0.717) is 19.3 Å². The van der Waals surface area contributed by atoms with E-state index in [0.717, 1.165) is 83.5 Å². The van der Waals surface area contributed by atoms with Crippen LogP contribution in [-0.4, -0.2) is 37.2 Å². The molecule has 1 atom stereocenters. The highest BCUT2D eigenvalue weighted by atomic mass is 16.6. The molecule has 6 nitrogen and oxygen atoms in total. The van der Waals surface area contributed by atoms with Crippen LogP contribution in [0.3, 0.4) is 0 Å². The molecule has 73 heavy (non-hydrogen) atoms. The van der Waals surface area contributed by atoms with E-state index in [4.69, 9.17) is 14.2 Å². The molecular weight excluding hydrogens is 901 g/mol. The fourth-order valence-corrected chi connectivity index (χ4v) is 9.71. The van der Waals surface area contributed by atoms with Crippen molar-refractivity contribution in [2.24, 2.45) is 0 Å². The summed E-state index contributed by atoms with van der Waals surface area (Å²) in [7, 11) is 0. The van der Waals surface area contributed by atoms with Gasteiger partial charge in [0.2, 0.25) is 0 Å². The van der Waals surface area contributed by atoms with E-state index in [1.165, 1.54) is 231 Å². The van der Waals surface area contributed by atoms with E-state index >= 15 is 0 Å². The molecular formula is C67H124O6. The lowest BCUT2D eigenvalue weighted by Gasteiger charge is -2.18. The van der Waals surface area contributed by atoms with Gasteiger partial charge in [0.25, 0.3) is 0 Å². The number of esters is 3. The number of hydrogen-bond acceptors (Lipinski definition) is 6. The topological polar surface area (TPSA) is 78.9 Å². The minimum Gasteiger partial charge on any atom is -0.462 e. The number of ether oxygens (including phenoxy) is 3. The lowest BCUT2D eigenvalue weighted by molar-refractivity contribution is -0.167. The molecule has 0 radical (unpaired) electrons. The third kappa shape index (κ3) is 60.4. The molecule has 0 bridgehead atoms. The highest BCUT2D eigenvalue weighted by molar-refractivity contribution is 5.71.